The van der Waals surface area contributed by atoms with Crippen LogP contribution in [-0.4, -0.2) is 19.5 Å². The Balaban J connectivity index is 2.55. The van der Waals surface area contributed by atoms with Gasteiger partial charge in [-0.3, -0.25) is 0 Å². The summed E-state index contributed by atoms with van der Waals surface area (Å²) >= 11 is 0. The first-order chi connectivity index (χ1) is 9.86. The molecule has 0 unspecified atom stereocenters. The van der Waals surface area contributed by atoms with Crippen LogP contribution in [0.1, 0.15) is 10.4 Å². The molecule has 2 rings (SSSR count). The molecule has 7 nitrogen and oxygen atoms in total. The van der Waals surface area contributed by atoms with Crippen LogP contribution in [0.3, 0.4) is 0 Å². The molecule has 8 heteroatoms. The summed E-state index contributed by atoms with van der Waals surface area (Å²) in [7, 11) is -3.81. The van der Waals surface area contributed by atoms with E-state index >= 15 is 0 Å². The molecule has 0 atom stereocenters. The highest BCUT2D eigenvalue weighted by atomic mass is 32.2. The lowest BCUT2D eigenvalue weighted by Gasteiger charge is -2.08. The van der Waals surface area contributed by atoms with E-state index in [2.05, 4.69) is 4.84 Å². The molecule has 0 aromatic heterocycles. The van der Waals surface area contributed by atoms with Crippen LogP contribution in [-0.2, 0) is 9.84 Å². The second-order valence-corrected chi connectivity index (χ2v) is 6.10. The van der Waals surface area contributed by atoms with Crippen LogP contribution >= 0.6 is 0 Å². The van der Waals surface area contributed by atoms with Gasteiger partial charge in [-0.25, -0.2) is 13.2 Å². The number of carboxylic acid groups (broad SMARTS) is 1. The quantitative estimate of drug-likeness (QED) is 0.568. The summed E-state index contributed by atoms with van der Waals surface area (Å²) in [5, 5.41) is 8.94. The zero-order chi connectivity index (χ0) is 15.6. The van der Waals surface area contributed by atoms with E-state index in [0.717, 1.165) is 12.1 Å². The van der Waals surface area contributed by atoms with E-state index in [1.54, 1.807) is 0 Å². The number of aromatic carboxylic acids is 1. The van der Waals surface area contributed by atoms with Crippen molar-refractivity contribution in [1.29, 1.82) is 0 Å². The van der Waals surface area contributed by atoms with Crippen molar-refractivity contribution < 1.29 is 23.2 Å². The Morgan fingerprint density at radius 1 is 1.05 bits per heavy atom. The van der Waals surface area contributed by atoms with Gasteiger partial charge in [-0.2, -0.15) is 5.90 Å². The maximum absolute atomic E-state index is 12.4. The van der Waals surface area contributed by atoms with Gasteiger partial charge in [0.1, 0.15) is 5.56 Å². The van der Waals surface area contributed by atoms with Gasteiger partial charge in [0.05, 0.1) is 9.79 Å². The van der Waals surface area contributed by atoms with Crippen LogP contribution in [0, 0.1) is 0 Å². The number of anilines is 1. The molecular weight excluding hydrogens is 296 g/mol. The van der Waals surface area contributed by atoms with E-state index < -0.39 is 15.8 Å². The average Bonchev–Trinajstić information content (AvgIpc) is 2.46. The average molecular weight is 308 g/mol. The summed E-state index contributed by atoms with van der Waals surface area (Å²) < 4.78 is 24.8. The number of hydrogen-bond acceptors (Lipinski definition) is 6. The molecule has 0 saturated carbocycles. The summed E-state index contributed by atoms with van der Waals surface area (Å²) in [6, 6.07) is 9.00. The maximum atomic E-state index is 12.4. The number of benzene rings is 2. The minimum atomic E-state index is -3.81. The van der Waals surface area contributed by atoms with Crippen molar-refractivity contribution in [1.82, 2.24) is 0 Å². The lowest BCUT2D eigenvalue weighted by atomic mass is 10.2. The molecule has 2 aromatic carbocycles. The molecule has 0 aliphatic rings. The minimum absolute atomic E-state index is 0.0303. The standard InChI is InChI=1S/C13H12N2O5S/c14-8-1-3-9(4-2-8)21(18,19)10-5-6-11(13(16)17)12(7-10)20-15/h1-7H,14-15H2,(H,16,17). The molecule has 0 fully saturated rings. The number of rotatable bonds is 4. The molecule has 0 aliphatic carbocycles. The molecule has 0 bridgehead atoms. The molecule has 0 aliphatic heterocycles. The summed E-state index contributed by atoms with van der Waals surface area (Å²) in [5.74, 6) is 3.48. The van der Waals surface area contributed by atoms with Crippen molar-refractivity contribution in [2.75, 3.05) is 5.73 Å². The third kappa shape index (κ3) is 2.81. The van der Waals surface area contributed by atoms with E-state index in [1.807, 2.05) is 0 Å². The van der Waals surface area contributed by atoms with Gasteiger partial charge in [-0.1, -0.05) is 0 Å². The highest BCUT2D eigenvalue weighted by Gasteiger charge is 2.21. The molecular formula is C13H12N2O5S. The predicted molar refractivity (Wildman–Crippen MR) is 74.5 cm³/mol. The second-order valence-electron chi connectivity index (χ2n) is 4.15. The summed E-state index contributed by atoms with van der Waals surface area (Å²) in [6.45, 7) is 0. The van der Waals surface area contributed by atoms with Gasteiger partial charge >= 0.3 is 5.97 Å². The molecule has 0 amide bonds. The normalized spacial score (nSPS) is 11.1. The van der Waals surface area contributed by atoms with Crippen LogP contribution < -0.4 is 16.5 Å². The fraction of sp³-hybridized carbons (Fsp3) is 0. The van der Waals surface area contributed by atoms with Crippen molar-refractivity contribution in [2.24, 2.45) is 5.90 Å². The number of carboxylic acids is 1. The predicted octanol–water partition coefficient (Wildman–Crippen LogP) is 1.05. The number of sulfone groups is 1. The molecule has 5 N–H and O–H groups in total. The molecule has 0 saturated heterocycles. The minimum Gasteiger partial charge on any atom is -0.478 e. The number of carbonyl (C=O) groups is 1. The Hall–Kier alpha value is -2.58. The molecule has 110 valence electrons. The number of nitrogens with two attached hydrogens (primary N) is 2. The zero-order valence-corrected chi connectivity index (χ0v) is 11.5. The Morgan fingerprint density at radius 3 is 2.14 bits per heavy atom. The summed E-state index contributed by atoms with van der Waals surface area (Å²) in [4.78, 5) is 15.3. The van der Waals surface area contributed by atoms with Gasteiger partial charge in [0.15, 0.2) is 5.75 Å². The third-order valence-electron chi connectivity index (χ3n) is 2.81. The van der Waals surface area contributed by atoms with Crippen LogP contribution in [0.2, 0.25) is 0 Å². The summed E-state index contributed by atoms with van der Waals surface area (Å²) in [6.07, 6.45) is 0. The lowest BCUT2D eigenvalue weighted by Crippen LogP contribution is -2.10. The van der Waals surface area contributed by atoms with Gasteiger partial charge in [-0.15, -0.1) is 0 Å². The van der Waals surface area contributed by atoms with Crippen LogP contribution in [0.15, 0.2) is 52.3 Å². The molecule has 0 heterocycles. The fourth-order valence-corrected chi connectivity index (χ4v) is 3.00. The van der Waals surface area contributed by atoms with Crippen molar-refractivity contribution in [3.05, 3.63) is 48.0 Å². The van der Waals surface area contributed by atoms with Crippen LogP contribution in [0.5, 0.6) is 5.75 Å². The van der Waals surface area contributed by atoms with Crippen LogP contribution in [0.4, 0.5) is 5.69 Å². The van der Waals surface area contributed by atoms with Gasteiger partial charge < -0.3 is 15.7 Å². The zero-order valence-electron chi connectivity index (χ0n) is 10.7. The third-order valence-corrected chi connectivity index (χ3v) is 4.58. The maximum Gasteiger partial charge on any atom is 0.339 e. The van der Waals surface area contributed by atoms with Gasteiger partial charge in [0, 0.05) is 11.8 Å². The monoisotopic (exact) mass is 308 g/mol. The second kappa shape index (κ2) is 5.43. The summed E-state index contributed by atoms with van der Waals surface area (Å²) in [5.41, 5.74) is 5.71. The molecule has 21 heavy (non-hydrogen) atoms. The van der Waals surface area contributed by atoms with E-state index in [9.17, 15) is 13.2 Å². The fourth-order valence-electron chi connectivity index (χ4n) is 1.73. The van der Waals surface area contributed by atoms with Gasteiger partial charge in [0.25, 0.3) is 0 Å². The number of nitrogen functional groups attached to an aromatic ring is 1. The molecule has 0 spiro atoms. The molecule has 0 radical (unpaired) electrons. The largest absolute Gasteiger partial charge is 0.478 e. The Labute approximate surface area is 120 Å². The highest BCUT2D eigenvalue weighted by Crippen LogP contribution is 2.27. The van der Waals surface area contributed by atoms with Crippen LogP contribution in [0.25, 0.3) is 0 Å². The highest BCUT2D eigenvalue weighted by molar-refractivity contribution is 7.91. The van der Waals surface area contributed by atoms with E-state index in [-0.39, 0.29) is 21.1 Å². The van der Waals surface area contributed by atoms with Gasteiger partial charge in [0.2, 0.25) is 9.84 Å². The van der Waals surface area contributed by atoms with Crippen molar-refractivity contribution in [2.45, 2.75) is 9.79 Å². The Morgan fingerprint density at radius 2 is 1.62 bits per heavy atom. The first kappa shape index (κ1) is 14.8. The van der Waals surface area contributed by atoms with Crippen molar-refractivity contribution >= 4 is 21.5 Å². The Kier molecular flexibility index (Phi) is 3.83. The first-order valence-electron chi connectivity index (χ1n) is 5.71. The first-order valence-corrected chi connectivity index (χ1v) is 7.19. The van der Waals surface area contributed by atoms with Crippen molar-refractivity contribution in [3.63, 3.8) is 0 Å². The van der Waals surface area contributed by atoms with Gasteiger partial charge in [-0.05, 0) is 36.4 Å². The van der Waals surface area contributed by atoms with E-state index in [1.165, 1.54) is 30.3 Å². The van der Waals surface area contributed by atoms with Crippen molar-refractivity contribution in [3.8, 4) is 5.75 Å². The number of hydrogen-bond donors (Lipinski definition) is 3. The van der Waals surface area contributed by atoms with E-state index in [0.29, 0.717) is 5.69 Å². The SMILES string of the molecule is NOc1cc(S(=O)(=O)c2ccc(N)cc2)ccc1C(=O)O. The Bertz CT molecular complexity index is 785. The topological polar surface area (TPSA) is 133 Å². The smallest absolute Gasteiger partial charge is 0.339 e. The van der Waals surface area contributed by atoms with E-state index in [4.69, 9.17) is 16.7 Å². The molecule has 2 aromatic rings. The lowest BCUT2D eigenvalue weighted by molar-refractivity contribution is 0.0692.